The Morgan fingerprint density at radius 1 is 1.13 bits per heavy atom. The molecule has 2 fully saturated rings. The lowest BCUT2D eigenvalue weighted by Gasteiger charge is -2.22. The normalized spacial score (nSPS) is 21.8. The summed E-state index contributed by atoms with van der Waals surface area (Å²) in [4.78, 5) is 25.6. The van der Waals surface area contributed by atoms with Crippen LogP contribution in [-0.2, 0) is 9.53 Å². The van der Waals surface area contributed by atoms with E-state index in [1.807, 2.05) is 0 Å². The number of nitrogens with zero attached hydrogens (tertiary/aromatic N) is 3. The lowest BCUT2D eigenvalue weighted by molar-refractivity contribution is -0.119. The van der Waals surface area contributed by atoms with Crippen molar-refractivity contribution in [2.45, 2.75) is 38.1 Å². The number of pyridine rings is 1. The van der Waals surface area contributed by atoms with Gasteiger partial charge in [-0.1, -0.05) is 23.2 Å². The number of rotatable bonds is 6. The van der Waals surface area contributed by atoms with Crippen LogP contribution in [0.15, 0.2) is 18.5 Å². The third kappa shape index (κ3) is 5.63. The van der Waals surface area contributed by atoms with Gasteiger partial charge in [0.2, 0.25) is 5.91 Å². The molecule has 166 valence electrons. The van der Waals surface area contributed by atoms with E-state index in [-0.39, 0.29) is 23.0 Å². The summed E-state index contributed by atoms with van der Waals surface area (Å²) in [5.74, 6) is 1.35. The molecule has 10 heteroatoms. The second-order valence-electron chi connectivity index (χ2n) is 8.14. The fourth-order valence-electron chi connectivity index (χ4n) is 4.00. The van der Waals surface area contributed by atoms with Gasteiger partial charge in [-0.2, -0.15) is 0 Å². The highest BCUT2D eigenvalue weighted by Crippen LogP contribution is 2.33. The number of aromatic nitrogens is 3. The maximum atomic E-state index is 12.5. The summed E-state index contributed by atoms with van der Waals surface area (Å²) in [5.41, 5.74) is 6.92. The van der Waals surface area contributed by atoms with Crippen LogP contribution < -0.4 is 16.4 Å². The molecule has 31 heavy (non-hydrogen) atoms. The van der Waals surface area contributed by atoms with Gasteiger partial charge >= 0.3 is 0 Å². The summed E-state index contributed by atoms with van der Waals surface area (Å²) >= 11 is 12.7. The van der Waals surface area contributed by atoms with E-state index >= 15 is 0 Å². The van der Waals surface area contributed by atoms with Gasteiger partial charge in [0.1, 0.15) is 17.3 Å². The number of nitrogens with two attached hydrogens (primary N) is 1. The molecule has 2 aromatic heterocycles. The number of nitrogens with one attached hydrogen (secondary N) is 2. The van der Waals surface area contributed by atoms with Crippen molar-refractivity contribution in [3.8, 4) is 11.3 Å². The predicted octanol–water partition coefficient (Wildman–Crippen LogP) is 3.75. The molecule has 0 radical (unpaired) electrons. The van der Waals surface area contributed by atoms with E-state index in [1.54, 1.807) is 12.3 Å². The minimum absolute atomic E-state index is 0.0787. The number of carbonyl (C=O) groups excluding carboxylic acids is 1. The summed E-state index contributed by atoms with van der Waals surface area (Å²) in [6.07, 6.45) is 7.45. The first-order valence-corrected chi connectivity index (χ1v) is 11.3. The first-order valence-electron chi connectivity index (χ1n) is 10.6. The van der Waals surface area contributed by atoms with E-state index in [4.69, 9.17) is 33.7 Å². The number of amides is 1. The average molecular weight is 465 g/mol. The molecule has 1 aliphatic heterocycles. The summed E-state index contributed by atoms with van der Waals surface area (Å²) in [7, 11) is 0. The Bertz CT molecular complexity index is 938. The van der Waals surface area contributed by atoms with Crippen LogP contribution in [0.3, 0.4) is 0 Å². The zero-order chi connectivity index (χ0) is 21.8. The monoisotopic (exact) mass is 464 g/mol. The summed E-state index contributed by atoms with van der Waals surface area (Å²) in [5, 5.41) is 6.79. The van der Waals surface area contributed by atoms with Crippen molar-refractivity contribution < 1.29 is 9.53 Å². The standard InChI is InChI=1S/C21H26Cl2N6O2/c22-16-10-26-17(29-21(30)13-1-2-14(24)7-13)8-15(16)19-20(23)27-11-18(28-19)25-9-12-3-5-31-6-4-12/h8,10-14H,1-7,9,24H2,(H,25,28)(H,26,29,30)/t13-,14+/m1/s1. The molecule has 0 unspecified atom stereocenters. The van der Waals surface area contributed by atoms with Crippen molar-refractivity contribution >= 4 is 40.7 Å². The van der Waals surface area contributed by atoms with E-state index in [2.05, 4.69) is 25.6 Å². The molecule has 0 aromatic carbocycles. The van der Waals surface area contributed by atoms with E-state index in [0.717, 1.165) is 45.4 Å². The maximum Gasteiger partial charge on any atom is 0.228 e. The predicted molar refractivity (Wildman–Crippen MR) is 121 cm³/mol. The van der Waals surface area contributed by atoms with E-state index in [1.165, 1.54) is 6.20 Å². The molecule has 0 bridgehead atoms. The number of ether oxygens (including phenoxy) is 1. The highest BCUT2D eigenvalue weighted by atomic mass is 35.5. The van der Waals surface area contributed by atoms with Crippen molar-refractivity contribution in [2.75, 3.05) is 30.4 Å². The number of carbonyl (C=O) groups is 1. The second kappa shape index (κ2) is 10.1. The highest BCUT2D eigenvalue weighted by Gasteiger charge is 2.28. The molecular weight excluding hydrogens is 439 g/mol. The maximum absolute atomic E-state index is 12.5. The lowest BCUT2D eigenvalue weighted by atomic mass is 10.0. The van der Waals surface area contributed by atoms with Crippen LogP contribution in [0.5, 0.6) is 0 Å². The molecule has 4 rings (SSSR count). The smallest absolute Gasteiger partial charge is 0.228 e. The van der Waals surface area contributed by atoms with Crippen LogP contribution in [0, 0.1) is 11.8 Å². The Balaban J connectivity index is 1.49. The molecule has 2 aromatic rings. The molecular formula is C21H26Cl2N6O2. The van der Waals surface area contributed by atoms with Crippen molar-refractivity contribution in [1.82, 2.24) is 15.0 Å². The Labute approximate surface area is 191 Å². The second-order valence-corrected chi connectivity index (χ2v) is 8.91. The minimum atomic E-state index is -0.1000. The SMILES string of the molecule is N[C@H]1CC[C@@H](C(=O)Nc2cc(-c3nc(NCC4CCOCC4)cnc3Cl)c(Cl)cn2)C1. The largest absolute Gasteiger partial charge is 0.381 e. The van der Waals surface area contributed by atoms with Crippen molar-refractivity contribution in [3.63, 3.8) is 0 Å². The summed E-state index contributed by atoms with van der Waals surface area (Å²) < 4.78 is 5.40. The Morgan fingerprint density at radius 3 is 2.68 bits per heavy atom. The molecule has 0 spiro atoms. The zero-order valence-electron chi connectivity index (χ0n) is 17.1. The third-order valence-electron chi connectivity index (χ3n) is 5.85. The molecule has 2 atom stereocenters. The van der Waals surface area contributed by atoms with Crippen LogP contribution >= 0.6 is 23.2 Å². The first kappa shape index (κ1) is 22.2. The van der Waals surface area contributed by atoms with Crippen LogP contribution in [0.1, 0.15) is 32.1 Å². The van der Waals surface area contributed by atoms with Crippen LogP contribution in [0.4, 0.5) is 11.6 Å². The van der Waals surface area contributed by atoms with Gasteiger partial charge in [-0.25, -0.2) is 15.0 Å². The Hall–Kier alpha value is -2.00. The molecule has 4 N–H and O–H groups in total. The van der Waals surface area contributed by atoms with Gasteiger partial charge in [0.25, 0.3) is 0 Å². The fourth-order valence-corrected chi connectivity index (χ4v) is 4.39. The van der Waals surface area contributed by atoms with E-state index in [9.17, 15) is 4.79 Å². The quantitative estimate of drug-likeness (QED) is 0.595. The third-order valence-corrected chi connectivity index (χ3v) is 6.42. The zero-order valence-corrected chi connectivity index (χ0v) is 18.6. The number of anilines is 2. The van der Waals surface area contributed by atoms with Crippen LogP contribution in [-0.4, -0.2) is 46.7 Å². The van der Waals surface area contributed by atoms with Crippen LogP contribution in [0.2, 0.25) is 10.2 Å². The molecule has 1 aliphatic carbocycles. The molecule has 1 saturated carbocycles. The summed E-state index contributed by atoms with van der Waals surface area (Å²) in [6.45, 7) is 2.36. The molecule has 1 saturated heterocycles. The molecule has 2 aliphatic rings. The fraction of sp³-hybridized carbons (Fsp3) is 0.524. The summed E-state index contributed by atoms with van der Waals surface area (Å²) in [6, 6.07) is 1.75. The minimum Gasteiger partial charge on any atom is -0.381 e. The Kier molecular flexibility index (Phi) is 7.22. The molecule has 8 nitrogen and oxygen atoms in total. The topological polar surface area (TPSA) is 115 Å². The number of hydrogen-bond acceptors (Lipinski definition) is 7. The molecule has 3 heterocycles. The number of halogens is 2. The molecule has 1 amide bonds. The first-order chi connectivity index (χ1) is 15.0. The van der Waals surface area contributed by atoms with Gasteiger partial charge in [-0.05, 0) is 44.1 Å². The number of hydrogen-bond donors (Lipinski definition) is 3. The van der Waals surface area contributed by atoms with Gasteiger partial charge in [0, 0.05) is 43.5 Å². The van der Waals surface area contributed by atoms with Crippen molar-refractivity contribution in [2.24, 2.45) is 17.6 Å². The van der Waals surface area contributed by atoms with Gasteiger partial charge in [-0.15, -0.1) is 0 Å². The Morgan fingerprint density at radius 2 is 1.94 bits per heavy atom. The highest BCUT2D eigenvalue weighted by molar-refractivity contribution is 6.35. The van der Waals surface area contributed by atoms with Crippen molar-refractivity contribution in [3.05, 3.63) is 28.6 Å². The lowest BCUT2D eigenvalue weighted by Crippen LogP contribution is -2.23. The van der Waals surface area contributed by atoms with Gasteiger partial charge < -0.3 is 21.1 Å². The van der Waals surface area contributed by atoms with Crippen molar-refractivity contribution in [1.29, 1.82) is 0 Å². The van der Waals surface area contributed by atoms with Gasteiger partial charge in [0.05, 0.1) is 11.2 Å². The van der Waals surface area contributed by atoms with E-state index < -0.39 is 0 Å². The van der Waals surface area contributed by atoms with E-state index in [0.29, 0.717) is 40.3 Å². The average Bonchev–Trinajstić information content (AvgIpc) is 3.22. The van der Waals surface area contributed by atoms with Gasteiger partial charge in [-0.3, -0.25) is 4.79 Å². The van der Waals surface area contributed by atoms with Gasteiger partial charge in [0.15, 0.2) is 5.15 Å². The van der Waals surface area contributed by atoms with Crippen LogP contribution in [0.25, 0.3) is 11.3 Å².